The molecule has 0 heterocycles. The first-order valence-electron chi connectivity index (χ1n) is 12.8. The Balaban J connectivity index is 2.03. The minimum atomic E-state index is -0.322. The van der Waals surface area contributed by atoms with E-state index in [-0.39, 0.29) is 17.9 Å². The molecule has 0 aliphatic heterocycles. The van der Waals surface area contributed by atoms with Crippen molar-refractivity contribution in [3.63, 3.8) is 0 Å². The highest BCUT2D eigenvalue weighted by Crippen LogP contribution is 2.30. The number of carbonyl (C=O) groups is 2. The molecule has 34 heavy (non-hydrogen) atoms. The smallest absolute Gasteiger partial charge is 0.275 e. The van der Waals surface area contributed by atoms with Gasteiger partial charge in [0.25, 0.3) is 11.8 Å². The SMILES string of the molecule is CCC[C@H](NN(C(=O)c1cc(C)cc(C)c1)C(=O)c1cccc(OC)c1CC)C1CCCCC1. The second kappa shape index (κ2) is 12.2. The van der Waals surface area contributed by atoms with Gasteiger partial charge >= 0.3 is 0 Å². The van der Waals surface area contributed by atoms with Gasteiger partial charge < -0.3 is 4.74 Å². The van der Waals surface area contributed by atoms with E-state index >= 15 is 0 Å². The van der Waals surface area contributed by atoms with Gasteiger partial charge in [-0.3, -0.25) is 9.59 Å². The van der Waals surface area contributed by atoms with Gasteiger partial charge in [-0.1, -0.05) is 62.8 Å². The van der Waals surface area contributed by atoms with Crippen molar-refractivity contribution in [1.82, 2.24) is 10.4 Å². The number of hydrazine groups is 1. The normalized spacial score (nSPS) is 15.1. The highest BCUT2D eigenvalue weighted by atomic mass is 16.5. The molecule has 1 aliphatic carbocycles. The molecule has 2 amide bonds. The highest BCUT2D eigenvalue weighted by Gasteiger charge is 2.32. The zero-order valence-corrected chi connectivity index (χ0v) is 21.4. The van der Waals surface area contributed by atoms with Gasteiger partial charge in [0, 0.05) is 22.7 Å². The van der Waals surface area contributed by atoms with Crippen LogP contribution >= 0.6 is 0 Å². The summed E-state index contributed by atoms with van der Waals surface area (Å²) >= 11 is 0. The average Bonchev–Trinajstić information content (AvgIpc) is 2.85. The van der Waals surface area contributed by atoms with Crippen molar-refractivity contribution < 1.29 is 14.3 Å². The molecule has 3 rings (SSSR count). The summed E-state index contributed by atoms with van der Waals surface area (Å²) in [7, 11) is 1.61. The van der Waals surface area contributed by atoms with Crippen LogP contribution in [-0.4, -0.2) is 30.0 Å². The van der Waals surface area contributed by atoms with E-state index in [0.29, 0.717) is 29.2 Å². The predicted molar refractivity (Wildman–Crippen MR) is 137 cm³/mol. The van der Waals surface area contributed by atoms with Gasteiger partial charge in [-0.15, -0.1) is 0 Å². The number of nitrogens with zero attached hydrogens (tertiary/aromatic N) is 1. The third kappa shape index (κ3) is 6.06. The highest BCUT2D eigenvalue weighted by molar-refractivity contribution is 6.10. The van der Waals surface area contributed by atoms with Crippen molar-refractivity contribution in [1.29, 1.82) is 0 Å². The van der Waals surface area contributed by atoms with Crippen LogP contribution in [0, 0.1) is 19.8 Å². The van der Waals surface area contributed by atoms with E-state index in [1.807, 2.05) is 51.1 Å². The molecular weight excluding hydrogens is 424 g/mol. The lowest BCUT2D eigenvalue weighted by Crippen LogP contribution is -2.54. The third-order valence-corrected chi connectivity index (χ3v) is 6.93. The van der Waals surface area contributed by atoms with E-state index in [1.54, 1.807) is 13.2 Å². The molecule has 0 aromatic heterocycles. The molecule has 0 bridgehead atoms. The van der Waals surface area contributed by atoms with Crippen molar-refractivity contribution >= 4 is 11.8 Å². The summed E-state index contributed by atoms with van der Waals surface area (Å²) in [4.78, 5) is 27.8. The summed E-state index contributed by atoms with van der Waals surface area (Å²) in [6.07, 6.45) is 8.51. The number of rotatable bonds is 9. The topological polar surface area (TPSA) is 58.6 Å². The molecular formula is C29H40N2O3. The first-order chi connectivity index (χ1) is 16.4. The van der Waals surface area contributed by atoms with Gasteiger partial charge in [0.05, 0.1) is 7.11 Å². The molecule has 0 unspecified atom stereocenters. The van der Waals surface area contributed by atoms with E-state index < -0.39 is 0 Å². The minimum absolute atomic E-state index is 0.0831. The van der Waals surface area contributed by atoms with Crippen LogP contribution in [0.3, 0.4) is 0 Å². The second-order valence-electron chi connectivity index (χ2n) is 9.58. The van der Waals surface area contributed by atoms with Crippen molar-refractivity contribution in [2.45, 2.75) is 85.1 Å². The van der Waals surface area contributed by atoms with Crippen molar-refractivity contribution in [3.05, 3.63) is 64.2 Å². The Bertz CT molecular complexity index is 975. The summed E-state index contributed by atoms with van der Waals surface area (Å²) in [5.41, 5.74) is 7.30. The van der Waals surface area contributed by atoms with E-state index in [2.05, 4.69) is 12.3 Å². The first-order valence-corrected chi connectivity index (χ1v) is 12.8. The predicted octanol–water partition coefficient (Wildman–Crippen LogP) is 6.41. The number of imide groups is 1. The Morgan fingerprint density at radius 2 is 1.71 bits per heavy atom. The standard InChI is InChI=1S/C29H40N2O3/c1-6-12-26(22-13-9-8-10-14-22)30-31(28(32)23-18-20(3)17-21(4)19-23)29(33)25-15-11-16-27(34-5)24(25)7-2/h11,15-19,22,26,30H,6-10,12-14H2,1-5H3/t26-/m0/s1. The molecule has 1 N–H and O–H groups in total. The maximum Gasteiger partial charge on any atom is 0.275 e. The van der Waals surface area contributed by atoms with Crippen LogP contribution < -0.4 is 10.2 Å². The number of hydrogen-bond donors (Lipinski definition) is 1. The molecule has 1 saturated carbocycles. The van der Waals surface area contributed by atoms with Crippen LogP contribution in [-0.2, 0) is 6.42 Å². The maximum absolute atomic E-state index is 14.0. The van der Waals surface area contributed by atoms with Gasteiger partial charge in [0.1, 0.15) is 5.75 Å². The lowest BCUT2D eigenvalue weighted by atomic mass is 9.82. The number of methoxy groups -OCH3 is 1. The van der Waals surface area contributed by atoms with Gasteiger partial charge in [0.2, 0.25) is 0 Å². The Morgan fingerprint density at radius 3 is 2.29 bits per heavy atom. The molecule has 1 aliphatic rings. The van der Waals surface area contributed by atoms with E-state index in [1.165, 1.54) is 24.3 Å². The lowest BCUT2D eigenvalue weighted by molar-refractivity contribution is 0.0443. The number of benzene rings is 2. The first kappa shape index (κ1) is 26.0. The summed E-state index contributed by atoms with van der Waals surface area (Å²) in [5, 5.41) is 1.29. The van der Waals surface area contributed by atoms with Crippen LogP contribution in [0.2, 0.25) is 0 Å². The quantitative estimate of drug-likeness (QED) is 0.344. The number of carbonyl (C=O) groups excluding carboxylic acids is 2. The molecule has 0 radical (unpaired) electrons. The Morgan fingerprint density at radius 1 is 1.03 bits per heavy atom. The third-order valence-electron chi connectivity index (χ3n) is 6.93. The number of ether oxygens (including phenoxy) is 1. The van der Waals surface area contributed by atoms with Crippen molar-refractivity contribution in [2.75, 3.05) is 7.11 Å². The number of nitrogens with one attached hydrogen (secondary N) is 1. The lowest BCUT2D eigenvalue weighted by Gasteiger charge is -2.35. The molecule has 184 valence electrons. The fourth-order valence-corrected chi connectivity index (χ4v) is 5.30. The summed E-state index contributed by atoms with van der Waals surface area (Å²) in [6, 6.07) is 11.3. The fraction of sp³-hybridized carbons (Fsp3) is 0.517. The Labute approximate surface area is 204 Å². The number of aryl methyl sites for hydroxylation is 2. The molecule has 2 aromatic carbocycles. The van der Waals surface area contributed by atoms with Gasteiger partial charge in [-0.2, -0.15) is 0 Å². The maximum atomic E-state index is 14.0. The molecule has 1 fully saturated rings. The van der Waals surface area contributed by atoms with Gasteiger partial charge in [-0.05, 0) is 69.7 Å². The van der Waals surface area contributed by atoms with E-state index in [4.69, 9.17) is 4.74 Å². The molecule has 5 heteroatoms. The number of hydrogen-bond acceptors (Lipinski definition) is 4. The average molecular weight is 465 g/mol. The van der Waals surface area contributed by atoms with Crippen LogP contribution in [0.5, 0.6) is 5.75 Å². The zero-order valence-electron chi connectivity index (χ0n) is 21.4. The van der Waals surface area contributed by atoms with Gasteiger partial charge in [0.15, 0.2) is 0 Å². The van der Waals surface area contributed by atoms with Crippen molar-refractivity contribution in [3.8, 4) is 5.75 Å². The minimum Gasteiger partial charge on any atom is -0.496 e. The monoisotopic (exact) mass is 464 g/mol. The largest absolute Gasteiger partial charge is 0.496 e. The van der Waals surface area contributed by atoms with E-state index in [0.717, 1.165) is 42.4 Å². The second-order valence-corrected chi connectivity index (χ2v) is 9.58. The molecule has 2 aromatic rings. The van der Waals surface area contributed by atoms with Crippen molar-refractivity contribution in [2.24, 2.45) is 5.92 Å². The Hall–Kier alpha value is -2.66. The van der Waals surface area contributed by atoms with Crippen LogP contribution in [0.4, 0.5) is 0 Å². The fourth-order valence-electron chi connectivity index (χ4n) is 5.30. The van der Waals surface area contributed by atoms with E-state index in [9.17, 15) is 9.59 Å². The molecule has 1 atom stereocenters. The van der Waals surface area contributed by atoms with Crippen LogP contribution in [0.1, 0.15) is 96.2 Å². The van der Waals surface area contributed by atoms with Crippen LogP contribution in [0.15, 0.2) is 36.4 Å². The summed E-state index contributed by atoms with van der Waals surface area (Å²) in [5.74, 6) is 0.506. The summed E-state index contributed by atoms with van der Waals surface area (Å²) < 4.78 is 5.52. The zero-order chi connectivity index (χ0) is 24.7. The summed E-state index contributed by atoms with van der Waals surface area (Å²) in [6.45, 7) is 8.11. The molecule has 0 saturated heterocycles. The molecule has 0 spiro atoms. The number of amides is 2. The molecule has 5 nitrogen and oxygen atoms in total. The van der Waals surface area contributed by atoms with Crippen LogP contribution in [0.25, 0.3) is 0 Å². The Kier molecular flexibility index (Phi) is 9.28. The van der Waals surface area contributed by atoms with Gasteiger partial charge in [-0.25, -0.2) is 10.4 Å².